The molecule has 0 amide bonds. The molecule has 0 saturated carbocycles. The van der Waals surface area contributed by atoms with Crippen molar-refractivity contribution in [3.8, 4) is 0 Å². The van der Waals surface area contributed by atoms with Gasteiger partial charge in [-0.15, -0.1) is 0 Å². The van der Waals surface area contributed by atoms with Crippen LogP contribution in [-0.4, -0.2) is 0 Å². The van der Waals surface area contributed by atoms with Gasteiger partial charge in [-0.1, -0.05) is 171 Å². The van der Waals surface area contributed by atoms with Crippen LogP contribution in [0.25, 0.3) is 32.3 Å². The van der Waals surface area contributed by atoms with Crippen molar-refractivity contribution >= 4 is 101 Å². The quantitative estimate of drug-likeness (QED) is 0.121. The standard InChI is InChI=1S/C66H48N4.CH4/c1-4-25-52(26-5-1)68(64-34-16-22-49-19-10-13-31-61(49)64)58-43-37-55(38-44-58)67(56-39-45-59(46-40-56)69(53-27-6-2-7-28-53)65-35-17-23-50-20-11-14-32-62(50)65)57-41-47-60(48-42-57)70(54-29-8-3-9-30-54)66-36-18-24-51-21-12-15-33-63(51)66;/h1-48H;1H4. The molecule has 12 aromatic carbocycles. The molecule has 0 unspecified atom stereocenters. The molecule has 0 bridgehead atoms. The lowest BCUT2D eigenvalue weighted by molar-refractivity contribution is 1.24. The van der Waals surface area contributed by atoms with Crippen LogP contribution in [0.15, 0.2) is 291 Å². The highest BCUT2D eigenvalue weighted by Crippen LogP contribution is 2.45. The predicted octanol–water partition coefficient (Wildman–Crippen LogP) is 19.7. The summed E-state index contributed by atoms with van der Waals surface area (Å²) in [6.45, 7) is 0. The van der Waals surface area contributed by atoms with Gasteiger partial charge in [0.05, 0.1) is 17.1 Å². The summed E-state index contributed by atoms with van der Waals surface area (Å²) in [6.07, 6.45) is 0. The fraction of sp³-hybridized carbons (Fsp3) is 0.0149. The Balaban J connectivity index is 0.00000547. The first-order chi connectivity index (χ1) is 34.7. The van der Waals surface area contributed by atoms with E-state index in [0.29, 0.717) is 0 Å². The number of para-hydroxylation sites is 3. The first kappa shape index (κ1) is 44.1. The highest BCUT2D eigenvalue weighted by atomic mass is 15.2. The van der Waals surface area contributed by atoms with E-state index in [9.17, 15) is 0 Å². The molecule has 0 heterocycles. The molecule has 0 aromatic heterocycles. The van der Waals surface area contributed by atoms with Gasteiger partial charge >= 0.3 is 0 Å². The van der Waals surface area contributed by atoms with Gasteiger partial charge in [0.25, 0.3) is 0 Å². The zero-order chi connectivity index (χ0) is 46.6. The van der Waals surface area contributed by atoms with Crippen molar-refractivity contribution in [3.63, 3.8) is 0 Å². The topological polar surface area (TPSA) is 13.0 Å². The molecule has 12 aromatic rings. The molecule has 0 atom stereocenters. The van der Waals surface area contributed by atoms with E-state index >= 15 is 0 Å². The van der Waals surface area contributed by atoms with Gasteiger partial charge in [0.15, 0.2) is 0 Å². The number of fused-ring (bicyclic) bond motifs is 3. The highest BCUT2D eigenvalue weighted by molar-refractivity contribution is 6.01. The van der Waals surface area contributed by atoms with Crippen molar-refractivity contribution in [3.05, 3.63) is 291 Å². The number of hydrogen-bond donors (Lipinski definition) is 0. The van der Waals surface area contributed by atoms with Gasteiger partial charge in [0.1, 0.15) is 0 Å². The second-order valence-corrected chi connectivity index (χ2v) is 17.4. The third kappa shape index (κ3) is 8.60. The summed E-state index contributed by atoms with van der Waals surface area (Å²) in [5, 5.41) is 7.19. The van der Waals surface area contributed by atoms with E-state index in [2.05, 4.69) is 311 Å². The van der Waals surface area contributed by atoms with Crippen LogP contribution in [-0.2, 0) is 0 Å². The summed E-state index contributed by atoms with van der Waals surface area (Å²) in [6, 6.07) is 104. The molecule has 0 saturated heterocycles. The fourth-order valence-electron chi connectivity index (χ4n) is 9.92. The first-order valence-corrected chi connectivity index (χ1v) is 23.8. The normalized spacial score (nSPS) is 11.0. The van der Waals surface area contributed by atoms with Crippen LogP contribution < -0.4 is 19.6 Å². The Hall–Kier alpha value is -9.38. The lowest BCUT2D eigenvalue weighted by atomic mass is 10.1. The third-order valence-electron chi connectivity index (χ3n) is 13.2. The van der Waals surface area contributed by atoms with Crippen LogP contribution in [0.5, 0.6) is 0 Å². The average molecular weight is 913 g/mol. The first-order valence-electron chi connectivity index (χ1n) is 23.8. The maximum atomic E-state index is 2.36. The molecular formula is C67H52N4. The zero-order valence-corrected chi connectivity index (χ0v) is 38.5. The predicted molar refractivity (Wildman–Crippen MR) is 304 cm³/mol. The molecule has 340 valence electrons. The fourth-order valence-corrected chi connectivity index (χ4v) is 9.92. The van der Waals surface area contributed by atoms with Gasteiger partial charge in [-0.25, -0.2) is 0 Å². The Morgan fingerprint density at radius 2 is 0.352 bits per heavy atom. The van der Waals surface area contributed by atoms with Crippen LogP contribution in [0.3, 0.4) is 0 Å². The van der Waals surface area contributed by atoms with Gasteiger partial charge in [0.2, 0.25) is 0 Å². The van der Waals surface area contributed by atoms with E-state index in [1.165, 1.54) is 32.3 Å². The molecule has 0 N–H and O–H groups in total. The molecule has 0 aliphatic heterocycles. The van der Waals surface area contributed by atoms with Gasteiger partial charge in [0, 0.05) is 67.3 Å². The molecule has 0 aliphatic rings. The smallest absolute Gasteiger partial charge is 0.0540 e. The molecular weight excluding hydrogens is 861 g/mol. The van der Waals surface area contributed by atoms with Crippen molar-refractivity contribution in [2.24, 2.45) is 0 Å². The van der Waals surface area contributed by atoms with Crippen molar-refractivity contribution in [2.45, 2.75) is 7.43 Å². The summed E-state index contributed by atoms with van der Waals surface area (Å²) >= 11 is 0. The minimum Gasteiger partial charge on any atom is -0.310 e. The van der Waals surface area contributed by atoms with Crippen LogP contribution in [0.2, 0.25) is 0 Å². The molecule has 0 spiro atoms. The van der Waals surface area contributed by atoms with Crippen LogP contribution >= 0.6 is 0 Å². The lowest BCUT2D eigenvalue weighted by Gasteiger charge is -2.31. The Bertz CT molecular complexity index is 3300. The van der Waals surface area contributed by atoms with Crippen LogP contribution in [0.4, 0.5) is 68.2 Å². The van der Waals surface area contributed by atoms with Crippen LogP contribution in [0.1, 0.15) is 7.43 Å². The van der Waals surface area contributed by atoms with E-state index in [-0.39, 0.29) is 7.43 Å². The summed E-state index contributed by atoms with van der Waals surface area (Å²) in [5.74, 6) is 0. The van der Waals surface area contributed by atoms with Gasteiger partial charge in [-0.3, -0.25) is 0 Å². The SMILES string of the molecule is C.c1ccc(N(c2ccc(N(c3ccc(N(c4ccccc4)c4cccc5ccccc45)cc3)c3ccc(N(c4ccccc4)c4cccc5ccccc45)cc3)cc2)c2cccc3ccccc23)cc1. The van der Waals surface area contributed by atoms with Crippen molar-refractivity contribution in [1.82, 2.24) is 0 Å². The monoisotopic (exact) mass is 912 g/mol. The second-order valence-electron chi connectivity index (χ2n) is 17.4. The number of nitrogens with zero attached hydrogens (tertiary/aromatic N) is 4. The number of rotatable bonds is 12. The Morgan fingerprint density at radius 3 is 0.620 bits per heavy atom. The molecule has 0 radical (unpaired) electrons. The maximum Gasteiger partial charge on any atom is 0.0540 e. The lowest BCUT2D eigenvalue weighted by Crippen LogP contribution is -2.14. The average Bonchev–Trinajstić information content (AvgIpc) is 3.43. The highest BCUT2D eigenvalue weighted by Gasteiger charge is 2.21. The van der Waals surface area contributed by atoms with E-state index in [4.69, 9.17) is 0 Å². The van der Waals surface area contributed by atoms with Crippen molar-refractivity contribution in [1.29, 1.82) is 0 Å². The van der Waals surface area contributed by atoms with E-state index in [1.54, 1.807) is 0 Å². The number of anilines is 12. The second kappa shape index (κ2) is 19.7. The van der Waals surface area contributed by atoms with E-state index < -0.39 is 0 Å². The Kier molecular flexibility index (Phi) is 12.2. The van der Waals surface area contributed by atoms with Gasteiger partial charge < -0.3 is 19.6 Å². The summed E-state index contributed by atoms with van der Waals surface area (Å²) in [7, 11) is 0. The number of benzene rings is 12. The summed E-state index contributed by atoms with van der Waals surface area (Å²) in [4.78, 5) is 9.43. The maximum absolute atomic E-state index is 2.36. The third-order valence-corrected chi connectivity index (χ3v) is 13.2. The minimum absolute atomic E-state index is 0. The largest absolute Gasteiger partial charge is 0.310 e. The summed E-state index contributed by atoms with van der Waals surface area (Å²) in [5.41, 5.74) is 13.0. The number of hydrogen-bond acceptors (Lipinski definition) is 4. The van der Waals surface area contributed by atoms with Crippen molar-refractivity contribution in [2.75, 3.05) is 19.6 Å². The Morgan fingerprint density at radius 1 is 0.155 bits per heavy atom. The van der Waals surface area contributed by atoms with E-state index in [0.717, 1.165) is 68.2 Å². The van der Waals surface area contributed by atoms with Crippen molar-refractivity contribution < 1.29 is 0 Å². The summed E-state index contributed by atoms with van der Waals surface area (Å²) < 4.78 is 0. The zero-order valence-electron chi connectivity index (χ0n) is 38.5. The van der Waals surface area contributed by atoms with Crippen LogP contribution in [0, 0.1) is 0 Å². The molecule has 0 fully saturated rings. The van der Waals surface area contributed by atoms with Gasteiger partial charge in [-0.05, 0) is 144 Å². The molecule has 0 aliphatic carbocycles. The molecule has 4 nitrogen and oxygen atoms in total. The Labute approximate surface area is 416 Å². The molecule has 71 heavy (non-hydrogen) atoms. The van der Waals surface area contributed by atoms with Gasteiger partial charge in [-0.2, -0.15) is 0 Å². The molecule has 4 heteroatoms. The minimum atomic E-state index is 0. The van der Waals surface area contributed by atoms with E-state index in [1.807, 2.05) is 0 Å². The molecule has 12 rings (SSSR count).